The van der Waals surface area contributed by atoms with Gasteiger partial charge in [0.1, 0.15) is 18.1 Å². The van der Waals surface area contributed by atoms with Gasteiger partial charge in [0.2, 0.25) is 5.78 Å². The van der Waals surface area contributed by atoms with Crippen molar-refractivity contribution in [1.82, 2.24) is 19.6 Å². The molecule has 9 heteroatoms. The molecule has 0 amide bonds. The predicted molar refractivity (Wildman–Crippen MR) is 101 cm³/mol. The lowest BCUT2D eigenvalue weighted by molar-refractivity contribution is -0.158. The number of rotatable bonds is 6. The second kappa shape index (κ2) is 7.34. The second-order valence-electron chi connectivity index (χ2n) is 6.34. The minimum absolute atomic E-state index is 0.0246. The number of benzene rings is 2. The first-order valence-electron chi connectivity index (χ1n) is 8.71. The number of nitrogens with zero attached hydrogens (tertiary/aromatic N) is 3. The molecule has 2 aromatic heterocycles. The van der Waals surface area contributed by atoms with E-state index in [-0.39, 0.29) is 17.9 Å². The quantitative estimate of drug-likeness (QED) is 0.536. The van der Waals surface area contributed by atoms with E-state index < -0.39 is 6.11 Å². The summed E-state index contributed by atoms with van der Waals surface area (Å²) in [6.07, 6.45) is -3.26. The first-order chi connectivity index (χ1) is 13.9. The molecule has 0 spiro atoms. The van der Waals surface area contributed by atoms with Crippen molar-refractivity contribution in [3.05, 3.63) is 76.7 Å². The average molecular weight is 398 g/mol. The van der Waals surface area contributed by atoms with Gasteiger partial charge in [0, 0.05) is 18.6 Å². The molecule has 4 aromatic rings. The zero-order valence-corrected chi connectivity index (χ0v) is 15.3. The summed E-state index contributed by atoms with van der Waals surface area (Å²) in [6, 6.07) is 16.4. The molecule has 2 aromatic carbocycles. The maximum absolute atomic E-state index is 12.9. The summed E-state index contributed by atoms with van der Waals surface area (Å²) in [5.41, 5.74) is 0.942. The van der Waals surface area contributed by atoms with Gasteiger partial charge in [-0.15, -0.1) is 5.10 Å². The van der Waals surface area contributed by atoms with Crippen LogP contribution in [-0.2, 0) is 6.61 Å². The highest BCUT2D eigenvalue weighted by Gasteiger charge is 2.22. The van der Waals surface area contributed by atoms with Crippen LogP contribution in [0.4, 0.5) is 8.78 Å². The minimum atomic E-state index is -3.26. The largest absolute Gasteiger partial charge is 0.487 e. The van der Waals surface area contributed by atoms with Crippen LogP contribution in [-0.4, -0.2) is 25.7 Å². The molecule has 0 bridgehead atoms. The zero-order chi connectivity index (χ0) is 20.4. The molecule has 0 fully saturated rings. The Kier molecular flexibility index (Phi) is 4.71. The molecule has 7 nitrogen and oxygen atoms in total. The molecule has 0 aliphatic rings. The predicted octanol–water partition coefficient (Wildman–Crippen LogP) is 3.66. The lowest BCUT2D eigenvalue weighted by Crippen LogP contribution is -2.19. The van der Waals surface area contributed by atoms with Gasteiger partial charge >= 0.3 is 6.11 Å². The number of hydrogen-bond acceptors (Lipinski definition) is 5. The number of alkyl halides is 2. The third kappa shape index (κ3) is 4.40. The Labute approximate surface area is 163 Å². The molecular formula is C20H16F2N4O3. The average Bonchev–Trinajstić information content (AvgIpc) is 3.12. The number of ether oxygens (including phenoxy) is 2. The summed E-state index contributed by atoms with van der Waals surface area (Å²) < 4.78 is 37.0. The number of fused-ring (bicyclic) bond motifs is 1. The van der Waals surface area contributed by atoms with Crippen LogP contribution >= 0.6 is 0 Å². The minimum Gasteiger partial charge on any atom is -0.487 e. The van der Waals surface area contributed by atoms with Gasteiger partial charge in [-0.2, -0.15) is 18.3 Å². The SMILES string of the molecule is CC(F)(F)Oc1ccc(OCc2cc(=O)n3nc(-c4ccccc4)nc3[nH]2)cc1. The van der Waals surface area contributed by atoms with Crippen molar-refractivity contribution >= 4 is 5.78 Å². The summed E-state index contributed by atoms with van der Waals surface area (Å²) >= 11 is 0. The van der Waals surface area contributed by atoms with Crippen molar-refractivity contribution in [3.8, 4) is 22.9 Å². The Morgan fingerprint density at radius 3 is 2.45 bits per heavy atom. The van der Waals surface area contributed by atoms with Crippen LogP contribution in [0.15, 0.2) is 65.5 Å². The molecule has 0 atom stereocenters. The molecule has 148 valence electrons. The van der Waals surface area contributed by atoms with Crippen molar-refractivity contribution in [2.75, 3.05) is 0 Å². The van der Waals surface area contributed by atoms with Gasteiger partial charge in [-0.3, -0.25) is 4.79 Å². The van der Waals surface area contributed by atoms with Crippen molar-refractivity contribution < 1.29 is 18.3 Å². The number of H-pyrrole nitrogens is 1. The highest BCUT2D eigenvalue weighted by atomic mass is 19.3. The smallest absolute Gasteiger partial charge is 0.394 e. The molecule has 0 saturated carbocycles. The molecule has 0 saturated heterocycles. The third-order valence-corrected chi connectivity index (χ3v) is 3.93. The fourth-order valence-corrected chi connectivity index (χ4v) is 2.70. The molecule has 0 aliphatic heterocycles. The number of aromatic amines is 1. The Morgan fingerprint density at radius 1 is 1.07 bits per heavy atom. The van der Waals surface area contributed by atoms with Gasteiger partial charge < -0.3 is 14.5 Å². The van der Waals surface area contributed by atoms with Crippen LogP contribution in [0.1, 0.15) is 12.6 Å². The van der Waals surface area contributed by atoms with E-state index in [1.165, 1.54) is 34.8 Å². The van der Waals surface area contributed by atoms with Crippen molar-refractivity contribution in [2.24, 2.45) is 0 Å². The summed E-state index contributed by atoms with van der Waals surface area (Å²) in [4.78, 5) is 19.7. The van der Waals surface area contributed by atoms with E-state index >= 15 is 0 Å². The fraction of sp³-hybridized carbons (Fsp3) is 0.150. The Bertz CT molecular complexity index is 1180. The van der Waals surface area contributed by atoms with Gasteiger partial charge in [0.15, 0.2) is 5.82 Å². The van der Waals surface area contributed by atoms with E-state index in [0.717, 1.165) is 5.56 Å². The molecule has 29 heavy (non-hydrogen) atoms. The first kappa shape index (κ1) is 18.6. The standard InChI is InChI=1S/C20H16F2N4O3/c1-20(21,22)29-16-9-7-15(8-10-16)28-12-14-11-17(27)26-19(23-14)24-18(25-26)13-5-3-2-4-6-13/h2-11H,12H2,1H3,(H,23,24,25). The van der Waals surface area contributed by atoms with Gasteiger partial charge in [-0.25, -0.2) is 0 Å². The second-order valence-corrected chi connectivity index (χ2v) is 6.34. The van der Waals surface area contributed by atoms with Crippen molar-refractivity contribution in [2.45, 2.75) is 19.6 Å². The highest BCUT2D eigenvalue weighted by molar-refractivity contribution is 5.56. The van der Waals surface area contributed by atoms with E-state index in [4.69, 9.17) is 4.74 Å². The van der Waals surface area contributed by atoms with Crippen LogP contribution in [0, 0.1) is 0 Å². The van der Waals surface area contributed by atoms with Crippen LogP contribution < -0.4 is 15.0 Å². The molecule has 2 heterocycles. The first-order valence-corrected chi connectivity index (χ1v) is 8.71. The summed E-state index contributed by atoms with van der Waals surface area (Å²) in [5.74, 6) is 1.18. The molecule has 0 radical (unpaired) electrons. The fourth-order valence-electron chi connectivity index (χ4n) is 2.70. The number of halogens is 2. The summed E-state index contributed by atoms with van der Waals surface area (Å²) in [5, 5.41) is 4.23. The topological polar surface area (TPSA) is 81.5 Å². The van der Waals surface area contributed by atoms with Crippen LogP contribution in [0.2, 0.25) is 0 Å². The van der Waals surface area contributed by atoms with E-state index in [9.17, 15) is 13.6 Å². The van der Waals surface area contributed by atoms with Gasteiger partial charge in [0.05, 0.1) is 5.69 Å². The molecule has 1 N–H and O–H groups in total. The zero-order valence-electron chi connectivity index (χ0n) is 15.3. The Hall–Kier alpha value is -3.75. The van der Waals surface area contributed by atoms with E-state index in [1.807, 2.05) is 30.3 Å². The molecular weight excluding hydrogens is 382 g/mol. The maximum Gasteiger partial charge on any atom is 0.394 e. The lowest BCUT2D eigenvalue weighted by Gasteiger charge is -2.13. The van der Waals surface area contributed by atoms with Crippen molar-refractivity contribution in [1.29, 1.82) is 0 Å². The lowest BCUT2D eigenvalue weighted by atomic mass is 10.2. The monoisotopic (exact) mass is 398 g/mol. The number of nitrogens with one attached hydrogen (secondary N) is 1. The van der Waals surface area contributed by atoms with Gasteiger partial charge in [-0.1, -0.05) is 30.3 Å². The van der Waals surface area contributed by atoms with Crippen LogP contribution in [0.5, 0.6) is 11.5 Å². The normalized spacial score (nSPS) is 11.6. The maximum atomic E-state index is 12.9. The summed E-state index contributed by atoms with van der Waals surface area (Å²) in [7, 11) is 0. The van der Waals surface area contributed by atoms with E-state index in [1.54, 1.807) is 0 Å². The molecule has 0 aliphatic carbocycles. The van der Waals surface area contributed by atoms with Crippen molar-refractivity contribution in [3.63, 3.8) is 0 Å². The number of hydrogen-bond donors (Lipinski definition) is 1. The Balaban J connectivity index is 1.50. The van der Waals surface area contributed by atoms with E-state index in [0.29, 0.717) is 30.0 Å². The molecule has 0 unspecified atom stereocenters. The van der Waals surface area contributed by atoms with Gasteiger partial charge in [0.25, 0.3) is 5.56 Å². The summed E-state index contributed by atoms with van der Waals surface area (Å²) in [6.45, 7) is 0.723. The highest BCUT2D eigenvalue weighted by Crippen LogP contribution is 2.24. The number of aromatic nitrogens is 4. The van der Waals surface area contributed by atoms with E-state index in [2.05, 4.69) is 19.8 Å². The van der Waals surface area contributed by atoms with Crippen LogP contribution in [0.3, 0.4) is 0 Å². The molecule has 4 rings (SSSR count). The van der Waals surface area contributed by atoms with Gasteiger partial charge in [-0.05, 0) is 24.3 Å². The van der Waals surface area contributed by atoms with Crippen LogP contribution in [0.25, 0.3) is 17.2 Å². The third-order valence-electron chi connectivity index (χ3n) is 3.93. The Morgan fingerprint density at radius 2 is 1.76 bits per heavy atom.